The molecule has 2 aromatic carbocycles. The van der Waals surface area contributed by atoms with E-state index in [0.29, 0.717) is 24.7 Å². The van der Waals surface area contributed by atoms with Gasteiger partial charge in [-0.25, -0.2) is 17.8 Å². The first kappa shape index (κ1) is 28.0. The molecule has 0 aliphatic rings. The predicted octanol–water partition coefficient (Wildman–Crippen LogP) is 4.40. The Morgan fingerprint density at radius 1 is 1.12 bits per heavy atom. The Balaban J connectivity index is 0.00000408. The fraction of sp³-hybridized carbons (Fsp3) is 0.391. The number of carbonyl (C=O) groups excluding carboxylic acids is 1. The van der Waals surface area contributed by atoms with Crippen LogP contribution in [0.1, 0.15) is 19.8 Å². The summed E-state index contributed by atoms with van der Waals surface area (Å²) in [5.41, 5.74) is 0.753. The van der Waals surface area contributed by atoms with E-state index in [4.69, 9.17) is 4.74 Å². The molecule has 11 heteroatoms. The number of halogens is 2. The van der Waals surface area contributed by atoms with Crippen molar-refractivity contribution in [2.24, 2.45) is 0 Å². The van der Waals surface area contributed by atoms with E-state index in [1.165, 1.54) is 23.5 Å². The van der Waals surface area contributed by atoms with Gasteiger partial charge in [0.15, 0.2) is 15.0 Å². The van der Waals surface area contributed by atoms with Gasteiger partial charge in [-0.3, -0.25) is 9.69 Å². The number of rotatable bonds is 11. The van der Waals surface area contributed by atoms with E-state index >= 15 is 0 Å². The molecule has 0 fully saturated rings. The second kappa shape index (κ2) is 12.4. The van der Waals surface area contributed by atoms with Crippen LogP contribution in [0.3, 0.4) is 0 Å². The first-order chi connectivity index (χ1) is 15.7. The van der Waals surface area contributed by atoms with Gasteiger partial charge in [-0.15, -0.1) is 12.4 Å². The second-order valence-electron chi connectivity index (χ2n) is 7.78. The Bertz CT molecular complexity index is 1200. The molecule has 3 aromatic rings. The third-order valence-corrected chi connectivity index (χ3v) is 7.71. The van der Waals surface area contributed by atoms with Crippen LogP contribution >= 0.6 is 23.7 Å². The second-order valence-corrected chi connectivity index (χ2v) is 10.9. The van der Waals surface area contributed by atoms with Gasteiger partial charge in [0.05, 0.1) is 27.5 Å². The number of hydrogen-bond donors (Lipinski definition) is 0. The van der Waals surface area contributed by atoms with Gasteiger partial charge in [0.2, 0.25) is 5.91 Å². The zero-order valence-corrected chi connectivity index (χ0v) is 21.8. The van der Waals surface area contributed by atoms with Crippen molar-refractivity contribution in [1.29, 1.82) is 0 Å². The molecule has 1 heterocycles. The lowest BCUT2D eigenvalue weighted by molar-refractivity contribution is -0.118. The fourth-order valence-corrected chi connectivity index (χ4v) is 5.52. The molecule has 0 unspecified atom stereocenters. The van der Waals surface area contributed by atoms with E-state index in [2.05, 4.69) is 4.98 Å². The van der Waals surface area contributed by atoms with E-state index in [-0.39, 0.29) is 35.4 Å². The number of benzene rings is 2. The lowest BCUT2D eigenvalue weighted by atomic mass is 10.3. The van der Waals surface area contributed by atoms with Crippen LogP contribution in [0, 0.1) is 5.82 Å². The molecule has 0 saturated carbocycles. The first-order valence-electron chi connectivity index (χ1n) is 10.7. The molecule has 0 radical (unpaired) electrons. The van der Waals surface area contributed by atoms with Gasteiger partial charge < -0.3 is 9.64 Å². The molecule has 0 aliphatic carbocycles. The molecular weight excluding hydrogens is 501 g/mol. The van der Waals surface area contributed by atoms with Crippen molar-refractivity contribution in [2.45, 2.75) is 24.7 Å². The van der Waals surface area contributed by atoms with E-state index in [9.17, 15) is 17.6 Å². The number of carbonyl (C=O) groups is 1. The average Bonchev–Trinajstić information content (AvgIpc) is 3.18. The van der Waals surface area contributed by atoms with Crippen LogP contribution in [-0.2, 0) is 14.6 Å². The van der Waals surface area contributed by atoms with Crippen molar-refractivity contribution >= 4 is 54.8 Å². The third kappa shape index (κ3) is 7.36. The van der Waals surface area contributed by atoms with Gasteiger partial charge in [0.1, 0.15) is 11.6 Å². The van der Waals surface area contributed by atoms with E-state index < -0.39 is 15.7 Å². The fourth-order valence-electron chi connectivity index (χ4n) is 3.25. The monoisotopic (exact) mass is 529 g/mol. The number of nitrogens with zero attached hydrogens (tertiary/aromatic N) is 3. The summed E-state index contributed by atoms with van der Waals surface area (Å²) in [6.45, 7) is 3.66. The number of amides is 1. The Hall–Kier alpha value is -2.27. The van der Waals surface area contributed by atoms with Crippen LogP contribution in [0.25, 0.3) is 10.2 Å². The molecule has 3 rings (SSSR count). The molecule has 0 saturated heterocycles. The van der Waals surface area contributed by atoms with Gasteiger partial charge >= 0.3 is 0 Å². The molecule has 0 bridgehead atoms. The topological polar surface area (TPSA) is 79.8 Å². The third-order valence-electron chi connectivity index (χ3n) is 4.94. The molecule has 34 heavy (non-hydrogen) atoms. The summed E-state index contributed by atoms with van der Waals surface area (Å²) in [7, 11) is 0.191. The summed E-state index contributed by atoms with van der Waals surface area (Å²) in [6, 6.07) is 10.2. The lowest BCUT2D eigenvalue weighted by Crippen LogP contribution is -2.34. The maximum atomic E-state index is 13.1. The summed E-state index contributed by atoms with van der Waals surface area (Å²) < 4.78 is 44.8. The standard InChI is InChI=1S/C23H28FN3O4S2.ClH/c1-4-31-18-8-11-20-21(16-18)32-23(25-20)27(14-5-13-26(2)3)22(28)12-15-33(29,30)19-9-6-17(24)7-10-19;/h6-11,16H,4-5,12-15H2,1-3H3;1H. The van der Waals surface area contributed by atoms with Crippen LogP contribution in [0.5, 0.6) is 5.75 Å². The number of ether oxygens (including phenoxy) is 1. The smallest absolute Gasteiger partial charge is 0.229 e. The Labute approximate surface area is 209 Å². The minimum atomic E-state index is -3.71. The van der Waals surface area contributed by atoms with Crippen molar-refractivity contribution in [1.82, 2.24) is 9.88 Å². The van der Waals surface area contributed by atoms with Crippen LogP contribution < -0.4 is 9.64 Å². The molecule has 0 N–H and O–H groups in total. The average molecular weight is 530 g/mol. The van der Waals surface area contributed by atoms with E-state index in [1.54, 1.807) is 4.90 Å². The minimum Gasteiger partial charge on any atom is -0.494 e. The van der Waals surface area contributed by atoms with Crippen LogP contribution in [0.2, 0.25) is 0 Å². The number of anilines is 1. The highest BCUT2D eigenvalue weighted by Crippen LogP contribution is 2.32. The highest BCUT2D eigenvalue weighted by Gasteiger charge is 2.23. The molecule has 0 spiro atoms. The molecule has 0 atom stereocenters. The summed E-state index contributed by atoms with van der Waals surface area (Å²) in [5.74, 6) is -0.457. The van der Waals surface area contributed by atoms with Gasteiger partial charge in [-0.1, -0.05) is 11.3 Å². The SMILES string of the molecule is CCOc1ccc2nc(N(CCCN(C)C)C(=O)CCS(=O)(=O)c3ccc(F)cc3)sc2c1.Cl. The number of hydrogen-bond acceptors (Lipinski definition) is 7. The summed E-state index contributed by atoms with van der Waals surface area (Å²) in [5, 5.41) is 0.529. The van der Waals surface area contributed by atoms with Crippen LogP contribution in [0.4, 0.5) is 9.52 Å². The quantitative estimate of drug-likeness (QED) is 0.342. The highest BCUT2D eigenvalue weighted by atomic mass is 35.5. The number of thiazole rings is 1. The van der Waals surface area contributed by atoms with Gasteiger partial charge in [0.25, 0.3) is 0 Å². The molecule has 7 nitrogen and oxygen atoms in total. The van der Waals surface area contributed by atoms with Crippen LogP contribution in [0.15, 0.2) is 47.4 Å². The summed E-state index contributed by atoms with van der Waals surface area (Å²) >= 11 is 1.37. The van der Waals surface area contributed by atoms with Crippen molar-refractivity contribution in [2.75, 3.05) is 44.4 Å². The maximum absolute atomic E-state index is 13.1. The number of fused-ring (bicyclic) bond motifs is 1. The molecular formula is C23H29ClFN3O4S2. The molecule has 186 valence electrons. The summed E-state index contributed by atoms with van der Waals surface area (Å²) in [6.07, 6.45) is 0.519. The van der Waals surface area contributed by atoms with Crippen molar-refractivity contribution in [3.63, 3.8) is 0 Å². The Morgan fingerprint density at radius 3 is 2.47 bits per heavy atom. The first-order valence-corrected chi connectivity index (χ1v) is 13.1. The number of aromatic nitrogens is 1. The van der Waals surface area contributed by atoms with Gasteiger partial charge in [0, 0.05) is 13.0 Å². The van der Waals surface area contributed by atoms with Crippen molar-refractivity contribution < 1.29 is 22.3 Å². The van der Waals surface area contributed by atoms with Crippen LogP contribution in [-0.4, -0.2) is 63.8 Å². The largest absolute Gasteiger partial charge is 0.494 e. The van der Waals surface area contributed by atoms with Gasteiger partial charge in [-0.2, -0.15) is 0 Å². The predicted molar refractivity (Wildman–Crippen MR) is 137 cm³/mol. The maximum Gasteiger partial charge on any atom is 0.229 e. The van der Waals surface area contributed by atoms with Crippen molar-refractivity contribution in [3.05, 3.63) is 48.3 Å². The van der Waals surface area contributed by atoms with E-state index in [0.717, 1.165) is 34.6 Å². The molecule has 0 aliphatic heterocycles. The molecule has 1 amide bonds. The Morgan fingerprint density at radius 2 is 1.82 bits per heavy atom. The lowest BCUT2D eigenvalue weighted by Gasteiger charge is -2.21. The normalized spacial score (nSPS) is 11.4. The number of sulfone groups is 1. The zero-order chi connectivity index (χ0) is 24.0. The van der Waals surface area contributed by atoms with Crippen molar-refractivity contribution in [3.8, 4) is 5.75 Å². The minimum absolute atomic E-state index is 0. The van der Waals surface area contributed by atoms with E-state index in [1.807, 2.05) is 44.1 Å². The summed E-state index contributed by atoms with van der Waals surface area (Å²) in [4.78, 5) is 21.3. The highest BCUT2D eigenvalue weighted by molar-refractivity contribution is 7.91. The Kier molecular flexibility index (Phi) is 10.2. The van der Waals surface area contributed by atoms with Gasteiger partial charge in [-0.05, 0) is 76.4 Å². The zero-order valence-electron chi connectivity index (χ0n) is 19.4. The molecule has 1 aromatic heterocycles.